The van der Waals surface area contributed by atoms with E-state index in [1.165, 1.54) is 0 Å². The Morgan fingerprint density at radius 2 is 1.71 bits per heavy atom. The lowest BCUT2D eigenvalue weighted by Gasteiger charge is -2.12. The summed E-state index contributed by atoms with van der Waals surface area (Å²) < 4.78 is 7.09. The van der Waals surface area contributed by atoms with Gasteiger partial charge in [0, 0.05) is 18.2 Å². The van der Waals surface area contributed by atoms with Crippen molar-refractivity contribution in [3.05, 3.63) is 65.4 Å². The lowest BCUT2D eigenvalue weighted by atomic mass is 10.1. The van der Waals surface area contributed by atoms with E-state index in [0.29, 0.717) is 17.7 Å². The summed E-state index contributed by atoms with van der Waals surface area (Å²) in [5, 5.41) is 8.54. The molecular weight excluding hydrogens is 286 g/mol. The van der Waals surface area contributed by atoms with Crippen LogP contribution in [0, 0.1) is 0 Å². The van der Waals surface area contributed by atoms with Crippen LogP contribution in [0.4, 0.5) is 0 Å². The van der Waals surface area contributed by atoms with Gasteiger partial charge < -0.3 is 4.74 Å². The summed E-state index contributed by atoms with van der Waals surface area (Å²) in [6.07, 6.45) is 0. The van der Waals surface area contributed by atoms with Crippen LogP contribution >= 0.6 is 11.6 Å². The fourth-order valence-electron chi connectivity index (χ4n) is 2.26. The molecule has 3 aromatic rings. The molecule has 0 aliphatic rings. The van der Waals surface area contributed by atoms with E-state index in [-0.39, 0.29) is 0 Å². The molecule has 0 aliphatic heterocycles. The molecule has 2 aromatic carbocycles. The number of aromatic nitrogens is 3. The lowest BCUT2D eigenvalue weighted by Crippen LogP contribution is -2.03. The van der Waals surface area contributed by atoms with E-state index in [1.54, 1.807) is 7.11 Å². The van der Waals surface area contributed by atoms with E-state index in [9.17, 15) is 0 Å². The highest BCUT2D eigenvalue weighted by Gasteiger charge is 2.16. The smallest absolute Gasteiger partial charge is 0.229 e. The minimum atomic E-state index is 0.331. The summed E-state index contributed by atoms with van der Waals surface area (Å²) in [5.74, 6) is 0.712. The van der Waals surface area contributed by atoms with Gasteiger partial charge in [-0.3, -0.25) is 4.57 Å². The van der Waals surface area contributed by atoms with Crippen LogP contribution in [0.15, 0.2) is 54.6 Å². The van der Waals surface area contributed by atoms with Crippen molar-refractivity contribution in [1.29, 1.82) is 0 Å². The molecule has 0 bridgehead atoms. The summed E-state index contributed by atoms with van der Waals surface area (Å²) in [4.78, 5) is 0. The minimum Gasteiger partial charge on any atom is -0.380 e. The maximum atomic E-state index is 6.25. The molecule has 5 heteroatoms. The molecule has 1 heterocycles. The van der Waals surface area contributed by atoms with Gasteiger partial charge >= 0.3 is 0 Å². The van der Waals surface area contributed by atoms with Crippen LogP contribution in [0.3, 0.4) is 0 Å². The van der Waals surface area contributed by atoms with Gasteiger partial charge in [0.05, 0.1) is 12.3 Å². The normalized spacial score (nSPS) is 10.8. The first-order chi connectivity index (χ1) is 10.3. The second-order valence-electron chi connectivity index (χ2n) is 4.56. The number of methoxy groups -OCH3 is 1. The molecule has 0 amide bonds. The Balaban J connectivity index is 2.18. The molecule has 0 aliphatic carbocycles. The molecule has 0 radical (unpaired) electrons. The number of benzene rings is 2. The van der Waals surface area contributed by atoms with Gasteiger partial charge in [-0.05, 0) is 17.7 Å². The molecule has 0 unspecified atom stereocenters. The van der Waals surface area contributed by atoms with Crippen molar-refractivity contribution < 1.29 is 4.74 Å². The molecular formula is C16H14ClN3O. The molecule has 4 nitrogen and oxygen atoms in total. The summed E-state index contributed by atoms with van der Waals surface area (Å²) in [6, 6.07) is 17.8. The highest BCUT2D eigenvalue weighted by molar-refractivity contribution is 6.28. The monoisotopic (exact) mass is 299 g/mol. The van der Waals surface area contributed by atoms with Crippen LogP contribution in [0.1, 0.15) is 5.56 Å². The lowest BCUT2D eigenvalue weighted by molar-refractivity contribution is 0.185. The number of nitrogens with zero attached hydrogens (tertiary/aromatic N) is 3. The average molecular weight is 300 g/mol. The third-order valence-electron chi connectivity index (χ3n) is 3.19. The van der Waals surface area contributed by atoms with Gasteiger partial charge in [-0.25, -0.2) is 0 Å². The van der Waals surface area contributed by atoms with Crippen molar-refractivity contribution in [3.63, 3.8) is 0 Å². The van der Waals surface area contributed by atoms with E-state index < -0.39 is 0 Å². The average Bonchev–Trinajstić information content (AvgIpc) is 2.91. The predicted octanol–water partition coefficient (Wildman–Crippen LogP) is 3.73. The van der Waals surface area contributed by atoms with Crippen LogP contribution in [0.25, 0.3) is 17.1 Å². The van der Waals surface area contributed by atoms with E-state index in [2.05, 4.69) is 10.2 Å². The molecule has 1 aromatic heterocycles. The first-order valence-electron chi connectivity index (χ1n) is 6.55. The van der Waals surface area contributed by atoms with E-state index in [0.717, 1.165) is 16.8 Å². The quantitative estimate of drug-likeness (QED) is 0.737. The zero-order valence-electron chi connectivity index (χ0n) is 11.5. The van der Waals surface area contributed by atoms with Gasteiger partial charge in [-0.2, -0.15) is 0 Å². The summed E-state index contributed by atoms with van der Waals surface area (Å²) >= 11 is 6.25. The first-order valence-corrected chi connectivity index (χ1v) is 6.92. The van der Waals surface area contributed by atoms with E-state index in [1.807, 2.05) is 59.2 Å². The zero-order valence-corrected chi connectivity index (χ0v) is 12.3. The largest absolute Gasteiger partial charge is 0.380 e. The molecule has 3 rings (SSSR count). The van der Waals surface area contributed by atoms with E-state index >= 15 is 0 Å². The molecule has 0 saturated carbocycles. The van der Waals surface area contributed by atoms with Crippen LogP contribution < -0.4 is 0 Å². The number of ether oxygens (including phenoxy) is 1. The zero-order chi connectivity index (χ0) is 14.7. The van der Waals surface area contributed by atoms with Gasteiger partial charge in [-0.15, -0.1) is 10.2 Å². The van der Waals surface area contributed by atoms with Crippen molar-refractivity contribution in [2.75, 3.05) is 7.11 Å². The van der Waals surface area contributed by atoms with Crippen LogP contribution in [0.5, 0.6) is 0 Å². The number of hydrogen-bond acceptors (Lipinski definition) is 3. The Kier molecular flexibility index (Phi) is 3.99. The van der Waals surface area contributed by atoms with E-state index in [4.69, 9.17) is 16.3 Å². The maximum absolute atomic E-state index is 6.25. The number of rotatable bonds is 4. The standard InChI is InChI=1S/C16H14ClN3O/c1-21-11-13-9-5-6-10-14(13)20-15(18-19-16(20)17)12-7-3-2-4-8-12/h2-10H,11H2,1H3. The fraction of sp³-hybridized carbons (Fsp3) is 0.125. The second-order valence-corrected chi connectivity index (χ2v) is 4.89. The van der Waals surface area contributed by atoms with Crippen molar-refractivity contribution in [1.82, 2.24) is 14.8 Å². The third kappa shape index (κ3) is 2.68. The van der Waals surface area contributed by atoms with Crippen LogP contribution in [-0.4, -0.2) is 21.9 Å². The third-order valence-corrected chi connectivity index (χ3v) is 3.43. The Bertz CT molecular complexity index is 740. The minimum absolute atomic E-state index is 0.331. The van der Waals surface area contributed by atoms with Gasteiger partial charge in [-0.1, -0.05) is 48.5 Å². The van der Waals surface area contributed by atoms with Gasteiger partial charge in [0.15, 0.2) is 5.82 Å². The van der Waals surface area contributed by atoms with Crippen molar-refractivity contribution >= 4 is 11.6 Å². The van der Waals surface area contributed by atoms with Gasteiger partial charge in [0.2, 0.25) is 5.28 Å². The maximum Gasteiger partial charge on any atom is 0.229 e. The Morgan fingerprint density at radius 3 is 2.48 bits per heavy atom. The van der Waals surface area contributed by atoms with Crippen molar-refractivity contribution in [2.45, 2.75) is 6.61 Å². The van der Waals surface area contributed by atoms with Crippen molar-refractivity contribution in [2.24, 2.45) is 0 Å². The number of hydrogen-bond donors (Lipinski definition) is 0. The molecule has 0 N–H and O–H groups in total. The molecule has 21 heavy (non-hydrogen) atoms. The van der Waals surface area contributed by atoms with Gasteiger partial charge in [0.25, 0.3) is 0 Å². The highest BCUT2D eigenvalue weighted by atomic mass is 35.5. The fourth-order valence-corrected chi connectivity index (χ4v) is 2.47. The molecule has 0 atom stereocenters. The number of halogens is 1. The number of para-hydroxylation sites is 1. The van der Waals surface area contributed by atoms with Gasteiger partial charge in [0.1, 0.15) is 0 Å². The Hall–Kier alpha value is -2.17. The summed E-state index contributed by atoms with van der Waals surface area (Å²) in [7, 11) is 1.67. The molecule has 0 spiro atoms. The second kappa shape index (κ2) is 6.08. The van der Waals surface area contributed by atoms with Crippen LogP contribution in [0.2, 0.25) is 5.28 Å². The molecule has 0 fully saturated rings. The first kappa shape index (κ1) is 13.8. The topological polar surface area (TPSA) is 39.9 Å². The Morgan fingerprint density at radius 1 is 1.00 bits per heavy atom. The summed E-state index contributed by atoms with van der Waals surface area (Å²) in [6.45, 7) is 0.499. The highest BCUT2D eigenvalue weighted by Crippen LogP contribution is 2.27. The predicted molar refractivity (Wildman–Crippen MR) is 82.5 cm³/mol. The van der Waals surface area contributed by atoms with Crippen molar-refractivity contribution in [3.8, 4) is 17.1 Å². The Labute approximate surface area is 128 Å². The molecule has 0 saturated heterocycles. The summed E-state index contributed by atoms with van der Waals surface area (Å²) in [5.41, 5.74) is 2.91. The van der Waals surface area contributed by atoms with Crippen LogP contribution in [-0.2, 0) is 11.3 Å². The molecule has 106 valence electrons. The SMILES string of the molecule is COCc1ccccc1-n1c(Cl)nnc1-c1ccccc1.